The Bertz CT molecular complexity index is 1010. The van der Waals surface area contributed by atoms with Gasteiger partial charge in [-0.3, -0.25) is 4.79 Å². The highest BCUT2D eigenvalue weighted by Crippen LogP contribution is 2.30. The molecule has 0 atom stereocenters. The highest BCUT2D eigenvalue weighted by Gasteiger charge is 2.24. The number of thioether (sulfide) groups is 1. The van der Waals surface area contributed by atoms with E-state index in [2.05, 4.69) is 10.3 Å². The molecule has 3 aromatic rings. The smallest absolute Gasteiger partial charge is 0.289 e. The number of carbonyl (C=O) groups is 1. The third kappa shape index (κ3) is 3.60. The molecule has 4 rings (SSSR count). The van der Waals surface area contributed by atoms with Gasteiger partial charge in [0, 0.05) is 5.56 Å². The summed E-state index contributed by atoms with van der Waals surface area (Å²) in [7, 11) is 0. The van der Waals surface area contributed by atoms with Gasteiger partial charge in [-0.1, -0.05) is 30.3 Å². The zero-order valence-electron chi connectivity index (χ0n) is 13.5. The van der Waals surface area contributed by atoms with Gasteiger partial charge in [0.2, 0.25) is 0 Å². The average molecular weight is 364 g/mol. The molecular weight excluding hydrogens is 351 g/mol. The summed E-state index contributed by atoms with van der Waals surface area (Å²) in [6.45, 7) is 0. The molecule has 0 bridgehead atoms. The summed E-state index contributed by atoms with van der Waals surface area (Å²) in [4.78, 5) is 16.8. The van der Waals surface area contributed by atoms with Crippen LogP contribution in [0.15, 0.2) is 81.0 Å². The number of hydrogen-bond acceptors (Lipinski definition) is 4. The Morgan fingerprint density at radius 3 is 2.54 bits per heavy atom. The van der Waals surface area contributed by atoms with E-state index < -0.39 is 0 Å². The summed E-state index contributed by atoms with van der Waals surface area (Å²) in [5, 5.41) is 2.48. The first-order chi connectivity index (χ1) is 12.7. The molecule has 0 aliphatic carbocycles. The van der Waals surface area contributed by atoms with Crippen molar-refractivity contribution < 1.29 is 13.6 Å². The maximum absolute atomic E-state index is 13.0. The van der Waals surface area contributed by atoms with Gasteiger partial charge in [-0.15, -0.1) is 0 Å². The lowest BCUT2D eigenvalue weighted by Gasteiger charge is -1.99. The van der Waals surface area contributed by atoms with Gasteiger partial charge in [0.25, 0.3) is 5.24 Å². The average Bonchev–Trinajstić information content (AvgIpc) is 3.25. The molecule has 1 aliphatic heterocycles. The number of hydrogen-bond donors (Lipinski definition) is 1. The second-order valence-corrected chi connectivity index (χ2v) is 6.54. The summed E-state index contributed by atoms with van der Waals surface area (Å²) >= 11 is 1.04. The van der Waals surface area contributed by atoms with Crippen LogP contribution in [0.3, 0.4) is 0 Å². The monoisotopic (exact) mass is 364 g/mol. The Balaban J connectivity index is 1.64. The van der Waals surface area contributed by atoms with Gasteiger partial charge in [0.15, 0.2) is 0 Å². The van der Waals surface area contributed by atoms with Gasteiger partial charge in [0.05, 0.1) is 10.6 Å². The van der Waals surface area contributed by atoms with Gasteiger partial charge < -0.3 is 9.73 Å². The van der Waals surface area contributed by atoms with E-state index in [9.17, 15) is 9.18 Å². The summed E-state index contributed by atoms with van der Waals surface area (Å²) in [6.07, 6.45) is 1.76. The van der Waals surface area contributed by atoms with Crippen LogP contribution in [0.4, 0.5) is 14.9 Å². The SMILES string of the molecule is O=C1NC(=Nc2ccc(F)cc2)C(=Cc2ccc(-c3ccccc3)o2)S1. The molecule has 0 unspecified atom stereocenters. The van der Waals surface area contributed by atoms with E-state index in [0.717, 1.165) is 23.1 Å². The van der Waals surface area contributed by atoms with Gasteiger partial charge in [0.1, 0.15) is 23.2 Å². The lowest BCUT2D eigenvalue weighted by atomic mass is 10.2. The van der Waals surface area contributed by atoms with Crippen LogP contribution in [-0.2, 0) is 0 Å². The molecule has 0 radical (unpaired) electrons. The Labute approximate surface area is 153 Å². The zero-order chi connectivity index (χ0) is 17.9. The molecule has 1 fully saturated rings. The molecule has 0 spiro atoms. The molecule has 1 aromatic heterocycles. The first-order valence-electron chi connectivity index (χ1n) is 7.88. The minimum Gasteiger partial charge on any atom is -0.457 e. The second kappa shape index (κ2) is 7.01. The number of benzene rings is 2. The topological polar surface area (TPSA) is 54.6 Å². The van der Waals surface area contributed by atoms with Crippen molar-refractivity contribution in [1.82, 2.24) is 5.32 Å². The van der Waals surface area contributed by atoms with Crippen molar-refractivity contribution in [2.75, 3.05) is 0 Å². The quantitative estimate of drug-likeness (QED) is 0.657. The van der Waals surface area contributed by atoms with E-state index in [0.29, 0.717) is 22.2 Å². The second-order valence-electron chi connectivity index (χ2n) is 5.53. The van der Waals surface area contributed by atoms with Crippen molar-refractivity contribution >= 4 is 34.6 Å². The predicted molar refractivity (Wildman–Crippen MR) is 102 cm³/mol. The van der Waals surface area contributed by atoms with Crippen LogP contribution in [0, 0.1) is 5.82 Å². The Morgan fingerprint density at radius 1 is 1.00 bits per heavy atom. The standard InChI is InChI=1S/C20H13FN2O2S/c21-14-6-8-15(9-7-14)22-19-18(26-20(24)23-19)12-16-10-11-17(25-16)13-4-2-1-3-5-13/h1-12H,(H,22,23,24). The number of carbonyl (C=O) groups excluding carboxylic acids is 1. The number of amides is 1. The molecule has 128 valence electrons. The van der Waals surface area contributed by atoms with Crippen molar-refractivity contribution in [2.24, 2.45) is 4.99 Å². The minimum atomic E-state index is -0.335. The summed E-state index contributed by atoms with van der Waals surface area (Å²) in [5.74, 6) is 1.45. The zero-order valence-corrected chi connectivity index (χ0v) is 14.3. The van der Waals surface area contributed by atoms with Crippen LogP contribution in [0.2, 0.25) is 0 Å². The van der Waals surface area contributed by atoms with Crippen LogP contribution in [0.25, 0.3) is 17.4 Å². The predicted octanol–water partition coefficient (Wildman–Crippen LogP) is 5.61. The number of rotatable bonds is 3. The number of nitrogens with zero attached hydrogens (tertiary/aromatic N) is 1. The van der Waals surface area contributed by atoms with E-state index in [1.807, 2.05) is 42.5 Å². The van der Waals surface area contributed by atoms with E-state index >= 15 is 0 Å². The third-order valence-electron chi connectivity index (χ3n) is 3.68. The fourth-order valence-corrected chi connectivity index (χ4v) is 3.19. The number of aliphatic imine (C=N–C) groups is 1. The largest absolute Gasteiger partial charge is 0.457 e. The molecule has 1 aliphatic rings. The number of amidine groups is 1. The highest BCUT2D eigenvalue weighted by molar-refractivity contribution is 8.18. The van der Waals surface area contributed by atoms with Crippen LogP contribution in [0.5, 0.6) is 0 Å². The van der Waals surface area contributed by atoms with E-state index in [1.165, 1.54) is 12.1 Å². The number of halogens is 1. The molecular formula is C20H13FN2O2S. The molecule has 1 amide bonds. The first-order valence-corrected chi connectivity index (χ1v) is 8.69. The fraction of sp³-hybridized carbons (Fsp3) is 0. The van der Waals surface area contributed by atoms with Gasteiger partial charge in [-0.2, -0.15) is 0 Å². The lowest BCUT2D eigenvalue weighted by molar-refractivity contribution is 0.265. The van der Waals surface area contributed by atoms with E-state index in [1.54, 1.807) is 18.2 Å². The van der Waals surface area contributed by atoms with E-state index in [4.69, 9.17) is 4.42 Å². The number of nitrogens with one attached hydrogen (secondary N) is 1. The van der Waals surface area contributed by atoms with Crippen molar-refractivity contribution in [2.45, 2.75) is 0 Å². The molecule has 6 heteroatoms. The minimum absolute atomic E-state index is 0.216. The third-order valence-corrected chi connectivity index (χ3v) is 4.50. The molecule has 1 saturated heterocycles. The molecule has 0 saturated carbocycles. The van der Waals surface area contributed by atoms with Crippen molar-refractivity contribution in [3.05, 3.63) is 83.2 Å². The van der Waals surface area contributed by atoms with Crippen molar-refractivity contribution in [3.63, 3.8) is 0 Å². The maximum Gasteiger partial charge on any atom is 0.289 e. The molecule has 26 heavy (non-hydrogen) atoms. The van der Waals surface area contributed by atoms with Gasteiger partial charge in [-0.25, -0.2) is 9.38 Å². The summed E-state index contributed by atoms with van der Waals surface area (Å²) in [5.41, 5.74) is 1.53. The molecule has 4 nitrogen and oxygen atoms in total. The fourth-order valence-electron chi connectivity index (χ4n) is 2.47. The molecule has 1 N–H and O–H groups in total. The normalized spacial score (nSPS) is 17.0. The van der Waals surface area contributed by atoms with Crippen molar-refractivity contribution in [1.29, 1.82) is 0 Å². The molecule has 2 aromatic carbocycles. The maximum atomic E-state index is 13.0. The lowest BCUT2D eigenvalue weighted by Crippen LogP contribution is -2.18. The Kier molecular flexibility index (Phi) is 4.41. The van der Waals surface area contributed by atoms with Gasteiger partial charge >= 0.3 is 0 Å². The first kappa shape index (κ1) is 16.4. The Hall–Kier alpha value is -3.12. The van der Waals surface area contributed by atoms with Crippen LogP contribution in [-0.4, -0.2) is 11.1 Å². The van der Waals surface area contributed by atoms with E-state index in [-0.39, 0.29) is 11.1 Å². The number of furan rings is 1. The van der Waals surface area contributed by atoms with Crippen LogP contribution < -0.4 is 5.32 Å². The molecule has 2 heterocycles. The summed E-state index contributed by atoms with van der Waals surface area (Å²) in [6, 6.07) is 19.2. The van der Waals surface area contributed by atoms with Crippen molar-refractivity contribution in [3.8, 4) is 11.3 Å². The van der Waals surface area contributed by atoms with Gasteiger partial charge in [-0.05, 0) is 54.2 Å². The Morgan fingerprint density at radius 2 is 1.77 bits per heavy atom. The highest BCUT2D eigenvalue weighted by atomic mass is 32.2. The summed E-state index contributed by atoms with van der Waals surface area (Å²) < 4.78 is 18.9. The van der Waals surface area contributed by atoms with Crippen LogP contribution in [0.1, 0.15) is 5.76 Å². The van der Waals surface area contributed by atoms with Crippen LogP contribution >= 0.6 is 11.8 Å².